The quantitative estimate of drug-likeness (QED) is 0.654. The third-order valence-corrected chi connectivity index (χ3v) is 4.90. The zero-order valence-electron chi connectivity index (χ0n) is 15.7. The Balaban J connectivity index is 1.42. The van der Waals surface area contributed by atoms with Crippen molar-refractivity contribution in [2.75, 3.05) is 13.2 Å². The van der Waals surface area contributed by atoms with E-state index in [0.29, 0.717) is 24.6 Å². The highest BCUT2D eigenvalue weighted by molar-refractivity contribution is 5.78. The van der Waals surface area contributed by atoms with Crippen LogP contribution in [0.5, 0.6) is 5.75 Å². The van der Waals surface area contributed by atoms with Crippen LogP contribution in [0, 0.1) is 0 Å². The van der Waals surface area contributed by atoms with Crippen LogP contribution in [0.3, 0.4) is 0 Å². The highest BCUT2D eigenvalue weighted by Crippen LogP contribution is 2.31. The van der Waals surface area contributed by atoms with Gasteiger partial charge in [-0.3, -0.25) is 9.78 Å². The summed E-state index contributed by atoms with van der Waals surface area (Å²) < 4.78 is 11.6. The number of carbonyl (C=O) groups is 1. The van der Waals surface area contributed by atoms with Crippen molar-refractivity contribution in [3.8, 4) is 5.75 Å². The minimum atomic E-state index is -0.136. The Kier molecular flexibility index (Phi) is 5.66. The van der Waals surface area contributed by atoms with Crippen molar-refractivity contribution in [2.45, 2.75) is 31.7 Å². The Bertz CT molecular complexity index is 896. The molecular weight excluding hydrogens is 354 g/mol. The van der Waals surface area contributed by atoms with Crippen LogP contribution >= 0.6 is 0 Å². The molecule has 1 aliphatic heterocycles. The Labute approximate surface area is 164 Å². The minimum absolute atomic E-state index is 0.0141. The molecule has 6 heteroatoms. The molecule has 144 valence electrons. The predicted octanol–water partition coefficient (Wildman–Crippen LogP) is 3.79. The number of pyridine rings is 1. The fraction of sp³-hybridized carbons (Fsp3) is 0.318. The van der Waals surface area contributed by atoms with E-state index in [-0.39, 0.29) is 18.6 Å². The predicted molar refractivity (Wildman–Crippen MR) is 104 cm³/mol. The molecule has 1 aliphatic rings. The van der Waals surface area contributed by atoms with Crippen LogP contribution in [0.25, 0.3) is 0 Å². The lowest BCUT2D eigenvalue weighted by atomic mass is 10.0. The van der Waals surface area contributed by atoms with E-state index in [0.717, 1.165) is 25.0 Å². The number of ether oxygens (including phenoxy) is 1. The molecule has 4 rings (SSSR count). The molecule has 0 spiro atoms. The Morgan fingerprint density at radius 1 is 1.14 bits per heavy atom. The number of hydrogen-bond acceptors (Lipinski definition) is 5. The van der Waals surface area contributed by atoms with E-state index in [1.54, 1.807) is 30.7 Å². The van der Waals surface area contributed by atoms with Crippen molar-refractivity contribution < 1.29 is 13.9 Å². The second-order valence-corrected chi connectivity index (χ2v) is 6.90. The molecule has 0 unspecified atom stereocenters. The van der Waals surface area contributed by atoms with Crippen LogP contribution in [0.1, 0.15) is 42.5 Å². The van der Waals surface area contributed by atoms with Crippen LogP contribution in [0.2, 0.25) is 0 Å². The maximum atomic E-state index is 12.8. The van der Waals surface area contributed by atoms with Gasteiger partial charge in [-0.2, -0.15) is 0 Å². The summed E-state index contributed by atoms with van der Waals surface area (Å²) in [7, 11) is 0. The minimum Gasteiger partial charge on any atom is -0.482 e. The van der Waals surface area contributed by atoms with E-state index in [9.17, 15) is 4.79 Å². The maximum absolute atomic E-state index is 12.8. The number of amides is 1. The molecule has 3 aromatic rings. The van der Waals surface area contributed by atoms with E-state index in [4.69, 9.17) is 9.15 Å². The van der Waals surface area contributed by atoms with Crippen molar-refractivity contribution in [3.05, 3.63) is 78.3 Å². The molecule has 0 aliphatic carbocycles. The summed E-state index contributed by atoms with van der Waals surface area (Å²) in [6.45, 7) is 0.677. The van der Waals surface area contributed by atoms with Crippen LogP contribution in [-0.2, 0) is 11.2 Å². The molecule has 1 atom stereocenters. The third-order valence-electron chi connectivity index (χ3n) is 4.90. The number of oxazole rings is 1. The number of carbonyl (C=O) groups excluding carboxylic acids is 1. The number of likely N-dealkylation sites (tertiary alicyclic amines) is 1. The monoisotopic (exact) mass is 377 g/mol. The Morgan fingerprint density at radius 2 is 2.04 bits per heavy atom. The van der Waals surface area contributed by atoms with E-state index in [1.807, 2.05) is 23.1 Å². The molecule has 0 radical (unpaired) electrons. The molecule has 0 N–H and O–H groups in total. The molecule has 2 aromatic heterocycles. The summed E-state index contributed by atoms with van der Waals surface area (Å²) in [5.41, 5.74) is 1.17. The first-order valence-electron chi connectivity index (χ1n) is 9.60. The fourth-order valence-corrected chi connectivity index (χ4v) is 3.50. The zero-order valence-corrected chi connectivity index (χ0v) is 15.7. The number of piperidine rings is 1. The second-order valence-electron chi connectivity index (χ2n) is 6.90. The highest BCUT2D eigenvalue weighted by atomic mass is 16.5. The summed E-state index contributed by atoms with van der Waals surface area (Å²) >= 11 is 0. The second kappa shape index (κ2) is 8.69. The molecule has 1 saturated heterocycles. The van der Waals surface area contributed by atoms with Crippen LogP contribution in [-0.4, -0.2) is 33.9 Å². The Hall–Kier alpha value is -3.15. The lowest BCUT2D eigenvalue weighted by Gasteiger charge is -2.33. The third kappa shape index (κ3) is 4.39. The van der Waals surface area contributed by atoms with E-state index < -0.39 is 0 Å². The van der Waals surface area contributed by atoms with Gasteiger partial charge in [0.15, 0.2) is 6.61 Å². The van der Waals surface area contributed by atoms with Gasteiger partial charge in [0, 0.05) is 19.2 Å². The van der Waals surface area contributed by atoms with Gasteiger partial charge in [0.2, 0.25) is 5.89 Å². The number of hydrogen-bond donors (Lipinski definition) is 0. The number of rotatable bonds is 6. The molecule has 3 heterocycles. The van der Waals surface area contributed by atoms with Gasteiger partial charge < -0.3 is 14.1 Å². The maximum Gasteiger partial charge on any atom is 0.261 e. The highest BCUT2D eigenvalue weighted by Gasteiger charge is 2.31. The number of nitrogens with zero attached hydrogens (tertiary/aromatic N) is 3. The normalized spacial score (nSPS) is 16.7. The van der Waals surface area contributed by atoms with E-state index in [1.165, 1.54) is 5.56 Å². The average Bonchev–Trinajstić information content (AvgIpc) is 3.22. The number of benzene rings is 1. The lowest BCUT2D eigenvalue weighted by molar-refractivity contribution is -0.137. The van der Waals surface area contributed by atoms with E-state index >= 15 is 0 Å². The fourth-order valence-electron chi connectivity index (χ4n) is 3.50. The van der Waals surface area contributed by atoms with Gasteiger partial charge in [0.1, 0.15) is 17.6 Å². The van der Waals surface area contributed by atoms with Crippen molar-refractivity contribution in [1.29, 1.82) is 0 Å². The molecule has 6 nitrogen and oxygen atoms in total. The van der Waals surface area contributed by atoms with Gasteiger partial charge in [-0.25, -0.2) is 4.98 Å². The molecule has 28 heavy (non-hydrogen) atoms. The van der Waals surface area contributed by atoms with Gasteiger partial charge in [0.05, 0.1) is 12.4 Å². The number of aromatic nitrogens is 2. The Morgan fingerprint density at radius 3 is 2.86 bits per heavy atom. The van der Waals surface area contributed by atoms with Crippen molar-refractivity contribution in [2.24, 2.45) is 0 Å². The smallest absolute Gasteiger partial charge is 0.261 e. The summed E-state index contributed by atoms with van der Waals surface area (Å²) in [6, 6.07) is 13.6. The summed E-state index contributed by atoms with van der Waals surface area (Å²) in [5, 5.41) is 0. The van der Waals surface area contributed by atoms with E-state index in [2.05, 4.69) is 22.1 Å². The first-order chi connectivity index (χ1) is 13.8. The van der Waals surface area contributed by atoms with Crippen molar-refractivity contribution in [1.82, 2.24) is 14.9 Å². The first kappa shape index (κ1) is 18.2. The summed E-state index contributed by atoms with van der Waals surface area (Å²) in [5.74, 6) is 1.95. The van der Waals surface area contributed by atoms with Crippen LogP contribution in [0.15, 0.2) is 65.5 Å². The largest absolute Gasteiger partial charge is 0.482 e. The van der Waals surface area contributed by atoms with Gasteiger partial charge in [-0.1, -0.05) is 30.3 Å². The molecule has 0 bridgehead atoms. The molecule has 0 saturated carbocycles. The first-order valence-corrected chi connectivity index (χ1v) is 9.60. The molecule has 1 aromatic carbocycles. The van der Waals surface area contributed by atoms with Crippen molar-refractivity contribution >= 4 is 5.91 Å². The zero-order chi connectivity index (χ0) is 19.2. The van der Waals surface area contributed by atoms with Gasteiger partial charge in [0.25, 0.3) is 5.91 Å². The lowest BCUT2D eigenvalue weighted by Crippen LogP contribution is -2.41. The topological polar surface area (TPSA) is 68.5 Å². The van der Waals surface area contributed by atoms with Crippen LogP contribution < -0.4 is 4.74 Å². The van der Waals surface area contributed by atoms with Crippen molar-refractivity contribution in [3.63, 3.8) is 0 Å². The molecular formula is C22H23N3O3. The van der Waals surface area contributed by atoms with Gasteiger partial charge in [-0.15, -0.1) is 0 Å². The molecule has 1 amide bonds. The summed E-state index contributed by atoms with van der Waals surface area (Å²) in [4.78, 5) is 23.1. The summed E-state index contributed by atoms with van der Waals surface area (Å²) in [6.07, 6.45) is 8.62. The van der Waals surface area contributed by atoms with Crippen LogP contribution in [0.4, 0.5) is 0 Å². The SMILES string of the molecule is O=C(COc1cccnc1)N1CCCC[C@H]1c1ncc(Cc2ccccc2)o1. The van der Waals surface area contributed by atoms with Gasteiger partial charge >= 0.3 is 0 Å². The van der Waals surface area contributed by atoms with Gasteiger partial charge in [-0.05, 0) is 37.0 Å². The standard InChI is InChI=1S/C22H23N3O3/c26-21(16-27-18-9-6-11-23-14-18)25-12-5-4-10-20(25)22-24-15-19(28-22)13-17-7-2-1-3-8-17/h1-3,6-9,11,14-15,20H,4-5,10,12-13,16H2/t20-/m0/s1. The molecule has 1 fully saturated rings. The average molecular weight is 377 g/mol.